The fourth-order valence-electron chi connectivity index (χ4n) is 5.49. The van der Waals surface area contributed by atoms with E-state index in [1.54, 1.807) is 0 Å². The number of carbonyl (C=O) groups is 1. The van der Waals surface area contributed by atoms with E-state index in [-0.39, 0.29) is 36.8 Å². The summed E-state index contributed by atoms with van der Waals surface area (Å²) in [7, 11) is 0. The average molecular weight is 535 g/mol. The maximum Gasteiger partial charge on any atom is 0.224 e. The van der Waals surface area contributed by atoms with E-state index in [1.807, 2.05) is 30.3 Å². The lowest BCUT2D eigenvalue weighted by Crippen LogP contribution is -2.49. The van der Waals surface area contributed by atoms with Crippen molar-refractivity contribution in [3.63, 3.8) is 0 Å². The summed E-state index contributed by atoms with van der Waals surface area (Å²) in [5.74, 6) is -1.62. The highest BCUT2D eigenvalue weighted by atomic mass is 19.1. The second kappa shape index (κ2) is 12.8. The van der Waals surface area contributed by atoms with Crippen molar-refractivity contribution in [1.82, 2.24) is 10.6 Å². The molecule has 0 saturated carbocycles. The number of aliphatic hydroxyl groups excluding tert-OH is 1. The molecule has 0 heterocycles. The monoisotopic (exact) mass is 534 g/mol. The standard InChI is InChI=1S/C33H40F2N2O2/c1-33(2,3)20-23-12-13-25-10-7-11-29(28(25)16-23)36-21-31(38)30(17-24-14-26(34)19-27(35)15-24)37-32(39)18-22-8-5-4-6-9-22/h4-6,8-9,12-16,19,29-31,36,38H,7,10-11,17-18,20-21H2,1-3H3,(H,37,39)/t29-,30?,31+/m0/s1. The number of hydrogen-bond donors (Lipinski definition) is 3. The van der Waals surface area contributed by atoms with Gasteiger partial charge >= 0.3 is 0 Å². The van der Waals surface area contributed by atoms with Gasteiger partial charge in [0.2, 0.25) is 5.91 Å². The summed E-state index contributed by atoms with van der Waals surface area (Å²) in [6, 6.07) is 18.8. The lowest BCUT2D eigenvalue weighted by atomic mass is 9.82. The highest BCUT2D eigenvalue weighted by Gasteiger charge is 2.26. The van der Waals surface area contributed by atoms with Crippen LogP contribution >= 0.6 is 0 Å². The molecule has 0 bridgehead atoms. The molecule has 4 nitrogen and oxygen atoms in total. The smallest absolute Gasteiger partial charge is 0.224 e. The predicted molar refractivity (Wildman–Crippen MR) is 151 cm³/mol. The summed E-state index contributed by atoms with van der Waals surface area (Å²) in [6.07, 6.45) is 3.33. The van der Waals surface area contributed by atoms with E-state index in [0.29, 0.717) is 5.56 Å². The van der Waals surface area contributed by atoms with Crippen LogP contribution in [0, 0.1) is 17.0 Å². The molecule has 4 rings (SSSR count). The number of rotatable bonds is 10. The number of nitrogens with one attached hydrogen (secondary N) is 2. The molecule has 1 amide bonds. The number of fused-ring (bicyclic) bond motifs is 1. The molecule has 208 valence electrons. The van der Waals surface area contributed by atoms with Crippen LogP contribution in [0.1, 0.15) is 67.5 Å². The molecule has 3 aromatic rings. The zero-order chi connectivity index (χ0) is 28.0. The van der Waals surface area contributed by atoms with E-state index in [9.17, 15) is 18.7 Å². The largest absolute Gasteiger partial charge is 0.390 e. The summed E-state index contributed by atoms with van der Waals surface area (Å²) in [5.41, 5.74) is 5.31. The van der Waals surface area contributed by atoms with Crippen LogP contribution in [0.25, 0.3) is 0 Å². The van der Waals surface area contributed by atoms with Gasteiger partial charge in [-0.15, -0.1) is 0 Å². The molecular formula is C33H40F2N2O2. The number of amides is 1. The van der Waals surface area contributed by atoms with Gasteiger partial charge in [0.1, 0.15) is 11.6 Å². The van der Waals surface area contributed by atoms with Gasteiger partial charge in [0, 0.05) is 18.7 Å². The molecule has 3 N–H and O–H groups in total. The fraction of sp³-hybridized carbons (Fsp3) is 0.424. The first kappa shape index (κ1) is 28.9. The molecule has 1 unspecified atom stereocenters. The molecule has 0 fully saturated rings. The fourth-order valence-corrected chi connectivity index (χ4v) is 5.49. The van der Waals surface area contributed by atoms with Crippen LogP contribution in [0.5, 0.6) is 0 Å². The summed E-state index contributed by atoms with van der Waals surface area (Å²) >= 11 is 0. The van der Waals surface area contributed by atoms with Crippen molar-refractivity contribution >= 4 is 5.91 Å². The maximum atomic E-state index is 13.9. The van der Waals surface area contributed by atoms with Crippen molar-refractivity contribution < 1.29 is 18.7 Å². The molecular weight excluding hydrogens is 494 g/mol. The normalized spacial score (nSPS) is 16.8. The van der Waals surface area contributed by atoms with Crippen molar-refractivity contribution in [3.8, 4) is 0 Å². The minimum atomic E-state index is -0.959. The second-order valence-electron chi connectivity index (χ2n) is 12.0. The van der Waals surface area contributed by atoms with Crippen LogP contribution in [-0.2, 0) is 30.5 Å². The van der Waals surface area contributed by atoms with Gasteiger partial charge < -0.3 is 15.7 Å². The number of halogens is 2. The Balaban J connectivity index is 1.47. The molecule has 1 aliphatic rings. The van der Waals surface area contributed by atoms with Gasteiger partial charge in [0.15, 0.2) is 0 Å². The van der Waals surface area contributed by atoms with Crippen LogP contribution in [-0.4, -0.2) is 29.7 Å². The number of aryl methyl sites for hydroxylation is 1. The first-order valence-electron chi connectivity index (χ1n) is 13.9. The number of benzene rings is 3. The number of hydrogen-bond acceptors (Lipinski definition) is 3. The Kier molecular flexibility index (Phi) is 9.52. The Morgan fingerprint density at radius 2 is 1.69 bits per heavy atom. The van der Waals surface area contributed by atoms with Crippen LogP contribution in [0.15, 0.2) is 66.7 Å². The zero-order valence-electron chi connectivity index (χ0n) is 23.1. The Bertz CT molecular complexity index is 1240. The van der Waals surface area contributed by atoms with Crippen molar-refractivity contribution in [2.75, 3.05) is 6.54 Å². The minimum absolute atomic E-state index is 0.0932. The third kappa shape index (κ3) is 8.70. The zero-order valence-corrected chi connectivity index (χ0v) is 23.1. The molecule has 3 atom stereocenters. The topological polar surface area (TPSA) is 61.4 Å². The van der Waals surface area contributed by atoms with Crippen molar-refractivity contribution in [2.45, 2.75) is 77.5 Å². The molecule has 39 heavy (non-hydrogen) atoms. The van der Waals surface area contributed by atoms with Gasteiger partial charge in [-0.05, 0) is 77.5 Å². The molecule has 3 aromatic carbocycles. The first-order valence-corrected chi connectivity index (χ1v) is 13.9. The van der Waals surface area contributed by atoms with Gasteiger partial charge in [-0.25, -0.2) is 8.78 Å². The van der Waals surface area contributed by atoms with Gasteiger partial charge in [-0.3, -0.25) is 4.79 Å². The van der Waals surface area contributed by atoms with E-state index in [0.717, 1.165) is 37.3 Å². The Labute approximate surface area is 230 Å². The molecule has 0 aliphatic heterocycles. The Hall–Kier alpha value is -3.09. The van der Waals surface area contributed by atoms with E-state index in [4.69, 9.17) is 0 Å². The number of carbonyl (C=O) groups excluding carboxylic acids is 1. The van der Waals surface area contributed by atoms with Crippen molar-refractivity contribution in [1.29, 1.82) is 0 Å². The van der Waals surface area contributed by atoms with Gasteiger partial charge in [-0.2, -0.15) is 0 Å². The summed E-state index contributed by atoms with van der Waals surface area (Å²) in [5, 5.41) is 17.7. The van der Waals surface area contributed by atoms with Crippen molar-refractivity contribution in [3.05, 3.63) is 106 Å². The lowest BCUT2D eigenvalue weighted by Gasteiger charge is -2.31. The van der Waals surface area contributed by atoms with Crippen LogP contribution in [0.2, 0.25) is 0 Å². The van der Waals surface area contributed by atoms with Crippen LogP contribution in [0.3, 0.4) is 0 Å². The quantitative estimate of drug-likeness (QED) is 0.306. The van der Waals surface area contributed by atoms with Crippen LogP contribution in [0.4, 0.5) is 8.78 Å². The van der Waals surface area contributed by atoms with Gasteiger partial charge in [0.05, 0.1) is 18.6 Å². The average Bonchev–Trinajstić information content (AvgIpc) is 2.86. The first-order chi connectivity index (χ1) is 18.6. The molecule has 0 saturated heterocycles. The molecule has 0 radical (unpaired) electrons. The van der Waals surface area contributed by atoms with E-state index < -0.39 is 23.8 Å². The summed E-state index contributed by atoms with van der Waals surface area (Å²) in [6.45, 7) is 6.93. The van der Waals surface area contributed by atoms with Crippen LogP contribution < -0.4 is 10.6 Å². The molecule has 1 aliphatic carbocycles. The third-order valence-electron chi connectivity index (χ3n) is 7.23. The SMILES string of the molecule is CC(C)(C)Cc1ccc2c(c1)[C@@H](NC[C@@H](O)C(Cc1cc(F)cc(F)c1)NC(=O)Cc1ccccc1)CCC2. The van der Waals surface area contributed by atoms with Gasteiger partial charge in [-0.1, -0.05) is 69.3 Å². The Morgan fingerprint density at radius 1 is 0.974 bits per heavy atom. The van der Waals surface area contributed by atoms with E-state index in [1.165, 1.54) is 28.8 Å². The second-order valence-corrected chi connectivity index (χ2v) is 12.0. The van der Waals surface area contributed by atoms with Crippen molar-refractivity contribution in [2.24, 2.45) is 5.41 Å². The highest BCUT2D eigenvalue weighted by molar-refractivity contribution is 5.79. The lowest BCUT2D eigenvalue weighted by molar-refractivity contribution is -0.122. The van der Waals surface area contributed by atoms with Gasteiger partial charge in [0.25, 0.3) is 0 Å². The maximum absolute atomic E-state index is 13.9. The third-order valence-corrected chi connectivity index (χ3v) is 7.23. The molecule has 0 spiro atoms. The molecule has 0 aromatic heterocycles. The minimum Gasteiger partial charge on any atom is -0.390 e. The number of aliphatic hydroxyl groups is 1. The highest BCUT2D eigenvalue weighted by Crippen LogP contribution is 2.32. The molecule has 6 heteroatoms. The van der Waals surface area contributed by atoms with E-state index >= 15 is 0 Å². The Morgan fingerprint density at radius 3 is 2.38 bits per heavy atom. The van der Waals surface area contributed by atoms with E-state index in [2.05, 4.69) is 49.6 Å². The summed E-state index contributed by atoms with van der Waals surface area (Å²) < 4.78 is 27.8. The predicted octanol–water partition coefficient (Wildman–Crippen LogP) is 5.85. The summed E-state index contributed by atoms with van der Waals surface area (Å²) in [4.78, 5) is 12.9.